The molecule has 0 saturated carbocycles. The quantitative estimate of drug-likeness (QED) is 0.143. The zero-order chi connectivity index (χ0) is 20.5. The van der Waals surface area contributed by atoms with Crippen LogP contribution in [0.2, 0.25) is 0 Å². The van der Waals surface area contributed by atoms with Crippen molar-refractivity contribution in [3.05, 3.63) is 0 Å². The molecule has 0 fully saturated rings. The highest BCUT2D eigenvalue weighted by Crippen LogP contribution is 2.18. The van der Waals surface area contributed by atoms with Crippen LogP contribution in [0.4, 0.5) is 0 Å². The fourth-order valence-electron chi connectivity index (χ4n) is 4.46. The molecule has 1 unspecified atom stereocenters. The van der Waals surface area contributed by atoms with Gasteiger partial charge in [0.1, 0.15) is 0 Å². The van der Waals surface area contributed by atoms with E-state index in [0.717, 1.165) is 5.92 Å². The molecule has 0 aliphatic rings. The average Bonchev–Trinajstić information content (AvgIpc) is 2.70. The van der Waals surface area contributed by atoms with Gasteiger partial charge in [-0.15, -0.1) is 0 Å². The Morgan fingerprint density at radius 2 is 0.536 bits per heavy atom. The van der Waals surface area contributed by atoms with Crippen molar-refractivity contribution >= 4 is 0 Å². The Morgan fingerprint density at radius 3 is 0.821 bits per heavy atom. The van der Waals surface area contributed by atoms with Crippen molar-refractivity contribution in [2.24, 2.45) is 5.92 Å². The third kappa shape index (κ3) is 24.0. The molecule has 0 nitrogen and oxygen atoms in total. The van der Waals surface area contributed by atoms with Crippen molar-refractivity contribution in [2.45, 2.75) is 175 Å². The number of hydrogen-bond donors (Lipinski definition) is 0. The van der Waals surface area contributed by atoms with Gasteiger partial charge in [0.05, 0.1) is 0 Å². The molecule has 0 aromatic carbocycles. The van der Waals surface area contributed by atoms with Crippen LogP contribution in [0.25, 0.3) is 0 Å². The van der Waals surface area contributed by atoms with Crippen LogP contribution in [0.15, 0.2) is 0 Å². The number of unbranched alkanes of at least 4 members (excludes halogenated alkanes) is 20. The Bertz CT molecular complexity index is 257. The van der Waals surface area contributed by atoms with E-state index in [2.05, 4.69) is 20.8 Å². The Kier molecular flexibility index (Phi) is 25.0. The Hall–Kier alpha value is 0. The number of rotatable bonds is 24. The summed E-state index contributed by atoms with van der Waals surface area (Å²) in [6.45, 7) is 7.08. The lowest BCUT2D eigenvalue weighted by Crippen LogP contribution is -1.95. The lowest BCUT2D eigenvalue weighted by atomic mass is 9.96. The molecule has 0 rings (SSSR count). The summed E-state index contributed by atoms with van der Waals surface area (Å²) in [5, 5.41) is 0. The van der Waals surface area contributed by atoms with Crippen LogP contribution in [-0.4, -0.2) is 0 Å². The summed E-state index contributed by atoms with van der Waals surface area (Å²) in [4.78, 5) is 0. The zero-order valence-electron chi connectivity index (χ0n) is 20.5. The average molecular weight is 395 g/mol. The van der Waals surface area contributed by atoms with Gasteiger partial charge in [0.15, 0.2) is 0 Å². The second-order valence-corrected chi connectivity index (χ2v) is 9.75. The summed E-state index contributed by atoms with van der Waals surface area (Å²) in [5.74, 6) is 0.970. The molecule has 0 saturated heterocycles. The third-order valence-electron chi connectivity index (χ3n) is 6.60. The van der Waals surface area contributed by atoms with E-state index < -0.39 is 0 Å². The molecule has 0 heteroatoms. The molecule has 0 aliphatic heterocycles. The molecule has 0 amide bonds. The summed E-state index contributed by atoms with van der Waals surface area (Å²) in [6, 6.07) is 0. The largest absolute Gasteiger partial charge is 0.0654 e. The first-order valence-corrected chi connectivity index (χ1v) is 13.8. The molecule has 170 valence electrons. The van der Waals surface area contributed by atoms with Crippen LogP contribution in [0.5, 0.6) is 0 Å². The van der Waals surface area contributed by atoms with Gasteiger partial charge in [-0.3, -0.25) is 0 Å². The topological polar surface area (TPSA) is 0 Å². The second-order valence-electron chi connectivity index (χ2n) is 9.75. The monoisotopic (exact) mass is 394 g/mol. The van der Waals surface area contributed by atoms with Crippen LogP contribution < -0.4 is 0 Å². The first kappa shape index (κ1) is 28.0. The van der Waals surface area contributed by atoms with E-state index in [4.69, 9.17) is 0 Å². The maximum atomic E-state index is 2.47. The first-order chi connectivity index (χ1) is 13.8. The normalized spacial score (nSPS) is 12.5. The molecule has 0 radical (unpaired) electrons. The van der Waals surface area contributed by atoms with E-state index >= 15 is 0 Å². The van der Waals surface area contributed by atoms with Crippen LogP contribution in [-0.2, 0) is 0 Å². The van der Waals surface area contributed by atoms with Gasteiger partial charge < -0.3 is 0 Å². The van der Waals surface area contributed by atoms with Crippen molar-refractivity contribution < 1.29 is 0 Å². The van der Waals surface area contributed by atoms with Crippen LogP contribution in [0, 0.1) is 5.92 Å². The fraction of sp³-hybridized carbons (Fsp3) is 1.00. The molecular formula is C28H58. The van der Waals surface area contributed by atoms with Crippen LogP contribution in [0.3, 0.4) is 0 Å². The van der Waals surface area contributed by atoms with Crippen molar-refractivity contribution in [1.82, 2.24) is 0 Å². The molecule has 0 N–H and O–H groups in total. The predicted octanol–water partition coefficient (Wildman–Crippen LogP) is 11.0. The van der Waals surface area contributed by atoms with E-state index in [1.165, 1.54) is 154 Å². The van der Waals surface area contributed by atoms with Crippen LogP contribution in [0.1, 0.15) is 175 Å². The molecule has 0 aliphatic carbocycles. The Balaban J connectivity index is 3.06. The van der Waals surface area contributed by atoms with Gasteiger partial charge >= 0.3 is 0 Å². The summed E-state index contributed by atoms with van der Waals surface area (Å²) in [5.41, 5.74) is 0. The van der Waals surface area contributed by atoms with Gasteiger partial charge in [0, 0.05) is 0 Å². The molecule has 0 bridgehead atoms. The summed E-state index contributed by atoms with van der Waals surface area (Å²) >= 11 is 0. The fourth-order valence-corrected chi connectivity index (χ4v) is 4.46. The highest BCUT2D eigenvalue weighted by Gasteiger charge is 2.02. The van der Waals surface area contributed by atoms with Gasteiger partial charge in [0.2, 0.25) is 0 Å². The van der Waals surface area contributed by atoms with E-state index in [1.54, 1.807) is 0 Å². The van der Waals surface area contributed by atoms with E-state index in [-0.39, 0.29) is 0 Å². The Labute approximate surface area is 181 Å². The van der Waals surface area contributed by atoms with E-state index in [0.29, 0.717) is 0 Å². The van der Waals surface area contributed by atoms with Gasteiger partial charge in [-0.05, 0) is 5.92 Å². The van der Waals surface area contributed by atoms with E-state index in [9.17, 15) is 0 Å². The predicted molar refractivity (Wildman–Crippen MR) is 131 cm³/mol. The minimum atomic E-state index is 0.970. The molecule has 0 spiro atoms. The number of hydrogen-bond acceptors (Lipinski definition) is 0. The minimum Gasteiger partial charge on any atom is -0.0654 e. The lowest BCUT2D eigenvalue weighted by molar-refractivity contribution is 0.433. The van der Waals surface area contributed by atoms with Crippen molar-refractivity contribution in [3.63, 3.8) is 0 Å². The van der Waals surface area contributed by atoms with Gasteiger partial charge in [-0.25, -0.2) is 0 Å². The molecule has 0 aromatic rings. The summed E-state index contributed by atoms with van der Waals surface area (Å²) in [7, 11) is 0. The standard InChI is InChI=1S/C28H58/c1-4-6-8-10-11-12-13-14-15-16-17-18-19-20-21-22-23-25-27-28(3)26-24-9-7-5-2/h28H,4-27H2,1-3H3. The van der Waals surface area contributed by atoms with E-state index in [1.807, 2.05) is 0 Å². The summed E-state index contributed by atoms with van der Waals surface area (Å²) in [6.07, 6.45) is 35.3. The maximum absolute atomic E-state index is 2.47. The SMILES string of the molecule is CCCCCCCCCCCCCCCCCCCCC(C)CCCCCC. The highest BCUT2D eigenvalue weighted by molar-refractivity contribution is 4.56. The highest BCUT2D eigenvalue weighted by atomic mass is 14.1. The zero-order valence-corrected chi connectivity index (χ0v) is 20.5. The minimum absolute atomic E-state index is 0.970. The molecule has 0 aromatic heterocycles. The van der Waals surface area contributed by atoms with Gasteiger partial charge in [0.25, 0.3) is 0 Å². The maximum Gasteiger partial charge on any atom is -0.0443 e. The molecule has 0 heterocycles. The van der Waals surface area contributed by atoms with Crippen molar-refractivity contribution in [2.75, 3.05) is 0 Å². The first-order valence-electron chi connectivity index (χ1n) is 13.8. The van der Waals surface area contributed by atoms with Gasteiger partial charge in [-0.2, -0.15) is 0 Å². The summed E-state index contributed by atoms with van der Waals surface area (Å²) < 4.78 is 0. The van der Waals surface area contributed by atoms with Crippen LogP contribution >= 0.6 is 0 Å². The van der Waals surface area contributed by atoms with Gasteiger partial charge in [-0.1, -0.05) is 175 Å². The molecule has 28 heavy (non-hydrogen) atoms. The second kappa shape index (κ2) is 25.0. The van der Waals surface area contributed by atoms with Crippen molar-refractivity contribution in [1.29, 1.82) is 0 Å². The van der Waals surface area contributed by atoms with Crippen molar-refractivity contribution in [3.8, 4) is 0 Å². The Morgan fingerprint density at radius 1 is 0.321 bits per heavy atom. The molecular weight excluding hydrogens is 336 g/mol. The molecule has 1 atom stereocenters. The lowest BCUT2D eigenvalue weighted by Gasteiger charge is -2.10. The third-order valence-corrected chi connectivity index (χ3v) is 6.60. The smallest absolute Gasteiger partial charge is 0.0443 e.